The second-order valence-corrected chi connectivity index (χ2v) is 6.41. The highest BCUT2D eigenvalue weighted by molar-refractivity contribution is 14.1. The van der Waals surface area contributed by atoms with Gasteiger partial charge in [0.1, 0.15) is 0 Å². The van der Waals surface area contributed by atoms with Crippen molar-refractivity contribution in [1.29, 1.82) is 0 Å². The first-order chi connectivity index (χ1) is 10.6. The van der Waals surface area contributed by atoms with Gasteiger partial charge in [-0.3, -0.25) is 9.59 Å². The van der Waals surface area contributed by atoms with Gasteiger partial charge >= 0.3 is 0 Å². The van der Waals surface area contributed by atoms with E-state index in [2.05, 4.69) is 27.9 Å². The highest BCUT2D eigenvalue weighted by Crippen LogP contribution is 2.22. The zero-order valence-electron chi connectivity index (χ0n) is 11.9. The molecule has 112 valence electrons. The minimum atomic E-state index is -0.152. The van der Waals surface area contributed by atoms with Crippen molar-refractivity contribution >= 4 is 45.8 Å². The lowest BCUT2D eigenvalue weighted by atomic mass is 10.1. The Morgan fingerprint density at radius 3 is 2.55 bits per heavy atom. The van der Waals surface area contributed by atoms with Gasteiger partial charge in [-0.2, -0.15) is 0 Å². The number of benzene rings is 2. The molecule has 0 bridgehead atoms. The van der Waals surface area contributed by atoms with Gasteiger partial charge < -0.3 is 10.2 Å². The maximum Gasteiger partial charge on any atom is 0.255 e. The zero-order valence-corrected chi connectivity index (χ0v) is 14.0. The fourth-order valence-corrected chi connectivity index (χ4v) is 3.03. The molecule has 3 rings (SSSR count). The Morgan fingerprint density at radius 2 is 1.91 bits per heavy atom. The molecule has 0 aliphatic carbocycles. The van der Waals surface area contributed by atoms with Gasteiger partial charge in [0.2, 0.25) is 5.91 Å². The Hall–Kier alpha value is -1.89. The quantitative estimate of drug-likeness (QED) is 0.791. The Bertz CT molecular complexity index is 713. The molecular weight excluding hydrogens is 391 g/mol. The molecular formula is C17H15IN2O2. The molecule has 1 N–H and O–H groups in total. The van der Waals surface area contributed by atoms with Crippen molar-refractivity contribution in [2.45, 2.75) is 12.8 Å². The van der Waals surface area contributed by atoms with E-state index in [0.717, 1.165) is 27.9 Å². The third-order valence-corrected chi connectivity index (χ3v) is 4.27. The third kappa shape index (κ3) is 3.30. The SMILES string of the molecule is O=C(Nc1cccc(I)c1)c1ccc(N2CCCC2=O)cc1. The number of carbonyl (C=O) groups excluding carboxylic acids is 2. The summed E-state index contributed by atoms with van der Waals surface area (Å²) in [6.45, 7) is 0.757. The largest absolute Gasteiger partial charge is 0.322 e. The summed E-state index contributed by atoms with van der Waals surface area (Å²) in [5.74, 6) is -0.00244. The molecule has 0 radical (unpaired) electrons. The molecule has 2 aromatic carbocycles. The molecule has 1 fully saturated rings. The lowest BCUT2D eigenvalue weighted by Gasteiger charge is -2.15. The van der Waals surface area contributed by atoms with E-state index < -0.39 is 0 Å². The van der Waals surface area contributed by atoms with E-state index in [1.54, 1.807) is 17.0 Å². The number of nitrogens with one attached hydrogen (secondary N) is 1. The standard InChI is InChI=1S/C17H15IN2O2/c18-13-3-1-4-14(11-13)19-17(22)12-6-8-15(9-7-12)20-10-2-5-16(20)21/h1,3-4,6-9,11H,2,5,10H2,(H,19,22). The predicted molar refractivity (Wildman–Crippen MR) is 95.1 cm³/mol. The number of carbonyl (C=O) groups is 2. The fourth-order valence-electron chi connectivity index (χ4n) is 2.48. The summed E-state index contributed by atoms with van der Waals surface area (Å²) in [5.41, 5.74) is 2.21. The van der Waals surface area contributed by atoms with Gasteiger partial charge in [0.25, 0.3) is 5.91 Å². The van der Waals surface area contributed by atoms with E-state index >= 15 is 0 Å². The zero-order chi connectivity index (χ0) is 15.5. The van der Waals surface area contributed by atoms with Gasteiger partial charge in [-0.05, 0) is 71.5 Å². The Balaban J connectivity index is 1.72. The van der Waals surface area contributed by atoms with Crippen LogP contribution >= 0.6 is 22.6 Å². The summed E-state index contributed by atoms with van der Waals surface area (Å²) in [4.78, 5) is 25.7. The monoisotopic (exact) mass is 406 g/mol. The molecule has 1 saturated heterocycles. The molecule has 2 amide bonds. The minimum Gasteiger partial charge on any atom is -0.322 e. The molecule has 0 saturated carbocycles. The van der Waals surface area contributed by atoms with E-state index in [4.69, 9.17) is 0 Å². The summed E-state index contributed by atoms with van der Waals surface area (Å²) in [6.07, 6.45) is 1.50. The lowest BCUT2D eigenvalue weighted by Crippen LogP contribution is -2.23. The van der Waals surface area contributed by atoms with Gasteiger partial charge in [0, 0.05) is 33.5 Å². The normalized spacial score (nSPS) is 14.2. The maximum absolute atomic E-state index is 12.2. The first kappa shape index (κ1) is 15.0. The van der Waals surface area contributed by atoms with Gasteiger partial charge in [0.15, 0.2) is 0 Å². The van der Waals surface area contributed by atoms with E-state index in [9.17, 15) is 9.59 Å². The van der Waals surface area contributed by atoms with E-state index in [1.807, 2.05) is 36.4 Å². The van der Waals surface area contributed by atoms with E-state index in [-0.39, 0.29) is 11.8 Å². The van der Waals surface area contributed by atoms with Crippen LogP contribution in [0.3, 0.4) is 0 Å². The molecule has 1 heterocycles. The molecule has 0 unspecified atom stereocenters. The lowest BCUT2D eigenvalue weighted by molar-refractivity contribution is -0.117. The molecule has 1 aliphatic rings. The van der Waals surface area contributed by atoms with Gasteiger partial charge in [0.05, 0.1) is 0 Å². The number of hydrogen-bond acceptors (Lipinski definition) is 2. The smallest absolute Gasteiger partial charge is 0.255 e. The number of nitrogens with zero attached hydrogens (tertiary/aromatic N) is 1. The van der Waals surface area contributed by atoms with Crippen molar-refractivity contribution in [2.24, 2.45) is 0 Å². The van der Waals surface area contributed by atoms with E-state index in [1.165, 1.54) is 0 Å². The van der Waals surface area contributed by atoms with Crippen LogP contribution in [0.1, 0.15) is 23.2 Å². The van der Waals surface area contributed by atoms with Gasteiger partial charge in [-0.1, -0.05) is 6.07 Å². The van der Waals surface area contributed by atoms with Crippen molar-refractivity contribution in [3.05, 3.63) is 57.7 Å². The van der Waals surface area contributed by atoms with Crippen molar-refractivity contribution in [3.8, 4) is 0 Å². The number of rotatable bonds is 3. The molecule has 22 heavy (non-hydrogen) atoms. The maximum atomic E-state index is 12.2. The Labute approximate surface area is 142 Å². The average molecular weight is 406 g/mol. The van der Waals surface area contributed by atoms with Crippen molar-refractivity contribution in [3.63, 3.8) is 0 Å². The highest BCUT2D eigenvalue weighted by atomic mass is 127. The Morgan fingerprint density at radius 1 is 1.14 bits per heavy atom. The van der Waals surface area contributed by atoms with Crippen LogP contribution in [0.4, 0.5) is 11.4 Å². The third-order valence-electron chi connectivity index (χ3n) is 3.60. The van der Waals surface area contributed by atoms with Crippen LogP contribution in [-0.4, -0.2) is 18.4 Å². The van der Waals surface area contributed by atoms with Crippen LogP contribution < -0.4 is 10.2 Å². The van der Waals surface area contributed by atoms with E-state index in [0.29, 0.717) is 12.0 Å². The second-order valence-electron chi connectivity index (χ2n) is 5.16. The molecule has 2 aromatic rings. The molecule has 0 aromatic heterocycles. The van der Waals surface area contributed by atoms with Crippen LogP contribution in [0.15, 0.2) is 48.5 Å². The average Bonchev–Trinajstić information content (AvgIpc) is 2.93. The summed E-state index contributed by atoms with van der Waals surface area (Å²) in [6, 6.07) is 14.8. The van der Waals surface area contributed by atoms with Crippen molar-refractivity contribution < 1.29 is 9.59 Å². The summed E-state index contributed by atoms with van der Waals surface area (Å²) in [7, 11) is 0. The fraction of sp³-hybridized carbons (Fsp3) is 0.176. The van der Waals surface area contributed by atoms with Gasteiger partial charge in [-0.15, -0.1) is 0 Å². The summed E-state index contributed by atoms with van der Waals surface area (Å²) >= 11 is 2.21. The highest BCUT2D eigenvalue weighted by Gasteiger charge is 2.21. The summed E-state index contributed by atoms with van der Waals surface area (Å²) < 4.78 is 1.07. The van der Waals surface area contributed by atoms with Crippen LogP contribution in [0, 0.1) is 3.57 Å². The first-order valence-electron chi connectivity index (χ1n) is 7.11. The van der Waals surface area contributed by atoms with Crippen molar-refractivity contribution in [2.75, 3.05) is 16.8 Å². The minimum absolute atomic E-state index is 0.149. The Kier molecular flexibility index (Phi) is 4.42. The molecule has 5 heteroatoms. The van der Waals surface area contributed by atoms with Crippen molar-refractivity contribution in [1.82, 2.24) is 0 Å². The number of halogens is 1. The molecule has 0 atom stereocenters. The predicted octanol–water partition coefficient (Wildman–Crippen LogP) is 3.67. The van der Waals surface area contributed by atoms with Crippen LogP contribution in [0.25, 0.3) is 0 Å². The number of hydrogen-bond donors (Lipinski definition) is 1. The van der Waals surface area contributed by atoms with Crippen LogP contribution in [-0.2, 0) is 4.79 Å². The van der Waals surface area contributed by atoms with Gasteiger partial charge in [-0.25, -0.2) is 0 Å². The van der Waals surface area contributed by atoms with Crippen LogP contribution in [0.2, 0.25) is 0 Å². The first-order valence-corrected chi connectivity index (χ1v) is 8.19. The number of amides is 2. The molecule has 0 spiro atoms. The second kappa shape index (κ2) is 6.48. The topological polar surface area (TPSA) is 49.4 Å². The number of anilines is 2. The summed E-state index contributed by atoms with van der Waals surface area (Å²) in [5, 5.41) is 2.87. The molecule has 4 nitrogen and oxygen atoms in total. The van der Waals surface area contributed by atoms with Crippen LogP contribution in [0.5, 0.6) is 0 Å². The molecule has 1 aliphatic heterocycles.